The summed E-state index contributed by atoms with van der Waals surface area (Å²) in [5, 5.41) is 0. The zero-order chi connectivity index (χ0) is 15.2. The van der Waals surface area contributed by atoms with Gasteiger partial charge in [0.1, 0.15) is 11.8 Å². The molecule has 1 amide bonds. The van der Waals surface area contributed by atoms with E-state index in [1.807, 2.05) is 66.5 Å². The highest BCUT2D eigenvalue weighted by Crippen LogP contribution is 2.21. The number of ether oxygens (including phenoxy) is 1. The SMILES string of the molecule is COc1ccc(CN(C)C(C(N)=O)c2ccccc2)cc1. The highest BCUT2D eigenvalue weighted by Gasteiger charge is 2.22. The summed E-state index contributed by atoms with van der Waals surface area (Å²) in [6.07, 6.45) is 0. The second-order valence-electron chi connectivity index (χ2n) is 4.98. The number of nitrogens with two attached hydrogens (primary N) is 1. The van der Waals surface area contributed by atoms with Gasteiger partial charge in [0.05, 0.1) is 7.11 Å². The van der Waals surface area contributed by atoms with Crippen molar-refractivity contribution in [2.45, 2.75) is 12.6 Å². The fourth-order valence-corrected chi connectivity index (χ4v) is 2.38. The number of carbonyl (C=O) groups excluding carboxylic acids is 1. The Morgan fingerprint density at radius 2 is 1.76 bits per heavy atom. The molecule has 4 heteroatoms. The molecule has 110 valence electrons. The third-order valence-corrected chi connectivity index (χ3v) is 3.42. The highest BCUT2D eigenvalue weighted by molar-refractivity contribution is 5.81. The van der Waals surface area contributed by atoms with E-state index < -0.39 is 6.04 Å². The van der Waals surface area contributed by atoms with Crippen molar-refractivity contribution in [3.8, 4) is 5.75 Å². The van der Waals surface area contributed by atoms with Crippen LogP contribution in [0.4, 0.5) is 0 Å². The predicted molar refractivity (Wildman–Crippen MR) is 82.8 cm³/mol. The number of likely N-dealkylation sites (N-methyl/N-ethyl adjacent to an activating group) is 1. The maximum atomic E-state index is 11.8. The topological polar surface area (TPSA) is 55.6 Å². The molecular formula is C17H20N2O2. The van der Waals surface area contributed by atoms with Crippen LogP contribution in [0.15, 0.2) is 54.6 Å². The maximum Gasteiger partial charge on any atom is 0.239 e. The van der Waals surface area contributed by atoms with Crippen LogP contribution in [0.5, 0.6) is 5.75 Å². The summed E-state index contributed by atoms with van der Waals surface area (Å²) in [6, 6.07) is 16.9. The minimum absolute atomic E-state index is 0.350. The van der Waals surface area contributed by atoms with Crippen molar-refractivity contribution in [3.63, 3.8) is 0 Å². The van der Waals surface area contributed by atoms with E-state index in [9.17, 15) is 4.79 Å². The molecule has 2 aromatic carbocycles. The van der Waals surface area contributed by atoms with Gasteiger partial charge in [0.15, 0.2) is 0 Å². The minimum Gasteiger partial charge on any atom is -0.497 e. The van der Waals surface area contributed by atoms with Gasteiger partial charge in [-0.3, -0.25) is 9.69 Å². The Morgan fingerprint density at radius 1 is 1.14 bits per heavy atom. The number of nitrogens with zero attached hydrogens (tertiary/aromatic N) is 1. The van der Waals surface area contributed by atoms with Crippen LogP contribution in [0, 0.1) is 0 Å². The quantitative estimate of drug-likeness (QED) is 0.886. The van der Waals surface area contributed by atoms with Crippen molar-refractivity contribution in [2.75, 3.05) is 14.2 Å². The molecule has 0 aliphatic heterocycles. The van der Waals surface area contributed by atoms with E-state index in [0.29, 0.717) is 6.54 Å². The molecule has 0 radical (unpaired) electrons. The normalized spacial score (nSPS) is 12.1. The van der Waals surface area contributed by atoms with Crippen molar-refractivity contribution in [3.05, 3.63) is 65.7 Å². The number of benzene rings is 2. The summed E-state index contributed by atoms with van der Waals surface area (Å²) in [5.41, 5.74) is 7.57. The van der Waals surface area contributed by atoms with Crippen LogP contribution in [0.25, 0.3) is 0 Å². The van der Waals surface area contributed by atoms with Crippen LogP contribution >= 0.6 is 0 Å². The molecular weight excluding hydrogens is 264 g/mol. The highest BCUT2D eigenvalue weighted by atomic mass is 16.5. The van der Waals surface area contributed by atoms with E-state index in [0.717, 1.165) is 16.9 Å². The molecule has 0 aliphatic carbocycles. The zero-order valence-electron chi connectivity index (χ0n) is 12.3. The Morgan fingerprint density at radius 3 is 2.29 bits per heavy atom. The molecule has 0 fully saturated rings. The Bertz CT molecular complexity index is 581. The number of amides is 1. The van der Waals surface area contributed by atoms with Gasteiger partial charge < -0.3 is 10.5 Å². The molecule has 0 spiro atoms. The Balaban J connectivity index is 2.15. The van der Waals surface area contributed by atoms with Gasteiger partial charge in [0.25, 0.3) is 0 Å². The fourth-order valence-electron chi connectivity index (χ4n) is 2.38. The van der Waals surface area contributed by atoms with Crippen LogP contribution in [0.2, 0.25) is 0 Å². The number of hydrogen-bond donors (Lipinski definition) is 1. The van der Waals surface area contributed by atoms with Crippen LogP contribution in [0.1, 0.15) is 17.2 Å². The first-order chi connectivity index (χ1) is 10.1. The van der Waals surface area contributed by atoms with Gasteiger partial charge in [0.2, 0.25) is 5.91 Å². The van der Waals surface area contributed by atoms with Crippen molar-refractivity contribution >= 4 is 5.91 Å². The van der Waals surface area contributed by atoms with Crippen LogP contribution in [-0.4, -0.2) is 25.0 Å². The second kappa shape index (κ2) is 6.90. The number of methoxy groups -OCH3 is 1. The summed E-state index contributed by atoms with van der Waals surface area (Å²) in [7, 11) is 3.53. The van der Waals surface area contributed by atoms with Gasteiger partial charge in [-0.2, -0.15) is 0 Å². The minimum atomic E-state index is -0.437. The van der Waals surface area contributed by atoms with Gasteiger partial charge in [-0.05, 0) is 30.3 Å². The Kier molecular flexibility index (Phi) is 4.95. The van der Waals surface area contributed by atoms with Crippen molar-refractivity contribution < 1.29 is 9.53 Å². The smallest absolute Gasteiger partial charge is 0.239 e. The van der Waals surface area contributed by atoms with Crippen LogP contribution < -0.4 is 10.5 Å². The van der Waals surface area contributed by atoms with Gasteiger partial charge in [-0.1, -0.05) is 42.5 Å². The molecule has 0 aromatic heterocycles. The molecule has 0 aliphatic rings. The monoisotopic (exact) mass is 284 g/mol. The third kappa shape index (κ3) is 3.83. The molecule has 2 aromatic rings. The Labute approximate surface area is 125 Å². The van der Waals surface area contributed by atoms with E-state index in [1.165, 1.54) is 0 Å². The largest absolute Gasteiger partial charge is 0.497 e. The molecule has 4 nitrogen and oxygen atoms in total. The lowest BCUT2D eigenvalue weighted by Crippen LogP contribution is -2.34. The van der Waals surface area contributed by atoms with Gasteiger partial charge in [-0.25, -0.2) is 0 Å². The summed E-state index contributed by atoms with van der Waals surface area (Å²) in [5.74, 6) is 0.466. The molecule has 1 unspecified atom stereocenters. The fraction of sp³-hybridized carbons (Fsp3) is 0.235. The number of hydrogen-bond acceptors (Lipinski definition) is 3. The lowest BCUT2D eigenvalue weighted by molar-refractivity contribution is -0.123. The van der Waals surface area contributed by atoms with E-state index in [2.05, 4.69) is 0 Å². The molecule has 0 bridgehead atoms. The van der Waals surface area contributed by atoms with E-state index in [1.54, 1.807) is 7.11 Å². The standard InChI is InChI=1S/C17H20N2O2/c1-19(12-13-8-10-15(21-2)11-9-13)16(17(18)20)14-6-4-3-5-7-14/h3-11,16H,12H2,1-2H3,(H2,18,20). The molecule has 0 saturated heterocycles. The first-order valence-corrected chi connectivity index (χ1v) is 6.79. The zero-order valence-corrected chi connectivity index (χ0v) is 12.3. The molecule has 0 heterocycles. The average molecular weight is 284 g/mol. The van der Waals surface area contributed by atoms with Gasteiger partial charge in [0, 0.05) is 6.54 Å². The van der Waals surface area contributed by atoms with Crippen molar-refractivity contribution in [2.24, 2.45) is 5.73 Å². The van der Waals surface area contributed by atoms with Gasteiger partial charge >= 0.3 is 0 Å². The van der Waals surface area contributed by atoms with Gasteiger partial charge in [-0.15, -0.1) is 0 Å². The van der Waals surface area contributed by atoms with E-state index in [-0.39, 0.29) is 5.91 Å². The third-order valence-electron chi connectivity index (χ3n) is 3.42. The number of primary amides is 1. The summed E-state index contributed by atoms with van der Waals surface area (Å²) in [4.78, 5) is 13.7. The summed E-state index contributed by atoms with van der Waals surface area (Å²) >= 11 is 0. The molecule has 2 N–H and O–H groups in total. The van der Waals surface area contributed by atoms with Crippen molar-refractivity contribution in [1.82, 2.24) is 4.90 Å². The average Bonchev–Trinajstić information content (AvgIpc) is 2.49. The number of carbonyl (C=O) groups is 1. The van der Waals surface area contributed by atoms with E-state index >= 15 is 0 Å². The van der Waals surface area contributed by atoms with E-state index in [4.69, 9.17) is 10.5 Å². The van der Waals surface area contributed by atoms with Crippen LogP contribution in [-0.2, 0) is 11.3 Å². The molecule has 2 rings (SSSR count). The molecule has 0 saturated carbocycles. The van der Waals surface area contributed by atoms with Crippen molar-refractivity contribution in [1.29, 1.82) is 0 Å². The Hall–Kier alpha value is -2.33. The predicted octanol–water partition coefficient (Wildman–Crippen LogP) is 2.35. The van der Waals surface area contributed by atoms with Crippen LogP contribution in [0.3, 0.4) is 0 Å². The lowest BCUT2D eigenvalue weighted by Gasteiger charge is -2.26. The summed E-state index contributed by atoms with van der Waals surface area (Å²) < 4.78 is 5.14. The maximum absolute atomic E-state index is 11.8. The lowest BCUT2D eigenvalue weighted by atomic mass is 10.0. The summed E-state index contributed by atoms with van der Waals surface area (Å²) in [6.45, 7) is 0.631. The second-order valence-corrected chi connectivity index (χ2v) is 4.98. The molecule has 21 heavy (non-hydrogen) atoms. The first kappa shape index (κ1) is 15.1. The first-order valence-electron chi connectivity index (χ1n) is 6.79. The number of rotatable bonds is 6. The molecule has 1 atom stereocenters.